The molecule has 4 nitrogen and oxygen atoms in total. The number of hydrogen-bond donors (Lipinski definition) is 1. The number of ether oxygens (including phenoxy) is 1. The highest BCUT2D eigenvalue weighted by Gasteiger charge is 2.20. The molecule has 0 aliphatic carbocycles. The van der Waals surface area contributed by atoms with E-state index in [0.29, 0.717) is 4.90 Å². The van der Waals surface area contributed by atoms with E-state index in [9.17, 15) is 8.42 Å². The maximum absolute atomic E-state index is 11.4. The first-order chi connectivity index (χ1) is 8.64. The SMILES string of the molecule is COC(C)(C)CC(C)Nc1ccc(S(C)(=O)=O)cc1. The van der Waals surface area contributed by atoms with E-state index in [1.807, 2.05) is 13.8 Å². The molecule has 0 aliphatic rings. The quantitative estimate of drug-likeness (QED) is 0.873. The Morgan fingerprint density at radius 1 is 1.26 bits per heavy atom. The van der Waals surface area contributed by atoms with Gasteiger partial charge in [0.1, 0.15) is 0 Å². The Kier molecular flexibility index (Phi) is 4.98. The third-order valence-corrected chi connectivity index (χ3v) is 4.17. The van der Waals surface area contributed by atoms with Crippen molar-refractivity contribution in [2.75, 3.05) is 18.7 Å². The van der Waals surface area contributed by atoms with Crippen molar-refractivity contribution in [1.29, 1.82) is 0 Å². The van der Waals surface area contributed by atoms with Gasteiger partial charge in [-0.1, -0.05) is 0 Å². The second kappa shape index (κ2) is 5.92. The number of hydrogen-bond acceptors (Lipinski definition) is 4. The van der Waals surface area contributed by atoms with Gasteiger partial charge >= 0.3 is 0 Å². The molecule has 0 aliphatic heterocycles. The molecular formula is C14H23NO3S. The topological polar surface area (TPSA) is 55.4 Å². The van der Waals surface area contributed by atoms with Gasteiger partial charge in [0.2, 0.25) is 0 Å². The summed E-state index contributed by atoms with van der Waals surface area (Å²) >= 11 is 0. The summed E-state index contributed by atoms with van der Waals surface area (Å²) in [5.41, 5.74) is 0.728. The van der Waals surface area contributed by atoms with E-state index in [1.54, 1.807) is 31.4 Å². The number of rotatable bonds is 6. The van der Waals surface area contributed by atoms with Crippen molar-refractivity contribution in [2.45, 2.75) is 43.7 Å². The Labute approximate surface area is 116 Å². The molecule has 0 saturated heterocycles. The number of methoxy groups -OCH3 is 1. The van der Waals surface area contributed by atoms with Crippen molar-refractivity contribution in [2.24, 2.45) is 0 Å². The zero-order valence-electron chi connectivity index (χ0n) is 12.2. The van der Waals surface area contributed by atoms with Crippen LogP contribution in [0.15, 0.2) is 29.2 Å². The largest absolute Gasteiger partial charge is 0.382 e. The molecule has 1 N–H and O–H groups in total. The van der Waals surface area contributed by atoms with Gasteiger partial charge in [0, 0.05) is 25.1 Å². The van der Waals surface area contributed by atoms with E-state index in [4.69, 9.17) is 4.74 Å². The van der Waals surface area contributed by atoms with Crippen LogP contribution in [0.2, 0.25) is 0 Å². The number of anilines is 1. The Balaban J connectivity index is 2.68. The summed E-state index contributed by atoms with van der Waals surface area (Å²) in [6.07, 6.45) is 2.07. The van der Waals surface area contributed by atoms with Crippen molar-refractivity contribution in [3.8, 4) is 0 Å². The third kappa shape index (κ3) is 5.20. The molecule has 0 amide bonds. The van der Waals surface area contributed by atoms with Crippen molar-refractivity contribution < 1.29 is 13.2 Å². The summed E-state index contributed by atoms with van der Waals surface area (Å²) in [6.45, 7) is 6.15. The second-order valence-corrected chi connectivity index (χ2v) is 7.53. The van der Waals surface area contributed by atoms with E-state index < -0.39 is 9.84 Å². The zero-order chi connectivity index (χ0) is 14.7. The van der Waals surface area contributed by atoms with Crippen molar-refractivity contribution in [3.05, 3.63) is 24.3 Å². The molecule has 1 aromatic rings. The monoisotopic (exact) mass is 285 g/mol. The van der Waals surface area contributed by atoms with E-state index in [0.717, 1.165) is 12.1 Å². The average molecular weight is 285 g/mol. The minimum Gasteiger partial charge on any atom is -0.382 e. The standard InChI is InChI=1S/C14H23NO3S/c1-11(10-14(2,3)18-4)15-12-6-8-13(9-7-12)19(5,16)17/h6-9,11,15H,10H2,1-5H3. The number of nitrogens with one attached hydrogen (secondary N) is 1. The smallest absolute Gasteiger partial charge is 0.175 e. The van der Waals surface area contributed by atoms with Gasteiger partial charge in [0.05, 0.1) is 10.5 Å². The molecular weight excluding hydrogens is 262 g/mol. The van der Waals surface area contributed by atoms with Gasteiger partial charge in [-0.25, -0.2) is 8.42 Å². The van der Waals surface area contributed by atoms with Crippen LogP contribution in [0.3, 0.4) is 0 Å². The van der Waals surface area contributed by atoms with Gasteiger partial charge in [0.15, 0.2) is 9.84 Å². The lowest BCUT2D eigenvalue weighted by atomic mass is 10.00. The van der Waals surface area contributed by atoms with Crippen LogP contribution in [0.25, 0.3) is 0 Å². The molecule has 1 unspecified atom stereocenters. The maximum Gasteiger partial charge on any atom is 0.175 e. The van der Waals surface area contributed by atoms with Crippen LogP contribution in [-0.4, -0.2) is 33.4 Å². The van der Waals surface area contributed by atoms with E-state index in [2.05, 4.69) is 12.2 Å². The summed E-state index contributed by atoms with van der Waals surface area (Å²) in [5, 5.41) is 3.34. The molecule has 108 valence electrons. The fraction of sp³-hybridized carbons (Fsp3) is 0.571. The summed E-state index contributed by atoms with van der Waals surface area (Å²) in [5.74, 6) is 0. The lowest BCUT2D eigenvalue weighted by Crippen LogP contribution is -2.31. The van der Waals surface area contributed by atoms with Crippen molar-refractivity contribution in [1.82, 2.24) is 0 Å². The highest BCUT2D eigenvalue weighted by molar-refractivity contribution is 7.90. The predicted octanol–water partition coefficient (Wildman–Crippen LogP) is 2.71. The molecule has 19 heavy (non-hydrogen) atoms. The fourth-order valence-corrected chi connectivity index (χ4v) is 2.59. The Hall–Kier alpha value is -1.07. The maximum atomic E-state index is 11.4. The van der Waals surface area contributed by atoms with Crippen molar-refractivity contribution in [3.63, 3.8) is 0 Å². The molecule has 0 fully saturated rings. The molecule has 1 rings (SSSR count). The van der Waals surface area contributed by atoms with E-state index in [-0.39, 0.29) is 11.6 Å². The number of benzene rings is 1. The van der Waals surface area contributed by atoms with Crippen LogP contribution in [0.5, 0.6) is 0 Å². The van der Waals surface area contributed by atoms with Gasteiger partial charge in [-0.15, -0.1) is 0 Å². The van der Waals surface area contributed by atoms with Crippen LogP contribution in [0, 0.1) is 0 Å². The summed E-state index contributed by atoms with van der Waals surface area (Å²) in [4.78, 5) is 0.336. The molecule has 5 heteroatoms. The van der Waals surface area contributed by atoms with Crippen LogP contribution < -0.4 is 5.32 Å². The fourth-order valence-electron chi connectivity index (χ4n) is 1.95. The highest BCUT2D eigenvalue weighted by atomic mass is 32.2. The third-order valence-electron chi connectivity index (χ3n) is 3.05. The molecule has 0 bridgehead atoms. The lowest BCUT2D eigenvalue weighted by molar-refractivity contribution is 0.0128. The molecule has 1 atom stereocenters. The molecule has 0 spiro atoms. The first-order valence-electron chi connectivity index (χ1n) is 6.26. The molecule has 0 aromatic heterocycles. The van der Waals surface area contributed by atoms with E-state index >= 15 is 0 Å². The van der Waals surface area contributed by atoms with Gasteiger partial charge in [-0.05, 0) is 51.5 Å². The van der Waals surface area contributed by atoms with Crippen LogP contribution >= 0.6 is 0 Å². The van der Waals surface area contributed by atoms with Crippen LogP contribution in [-0.2, 0) is 14.6 Å². The Morgan fingerprint density at radius 2 is 1.79 bits per heavy atom. The first kappa shape index (κ1) is 16.0. The average Bonchev–Trinajstić information content (AvgIpc) is 2.27. The molecule has 0 saturated carbocycles. The minimum absolute atomic E-state index is 0.181. The second-order valence-electron chi connectivity index (χ2n) is 5.51. The Morgan fingerprint density at radius 3 is 2.21 bits per heavy atom. The van der Waals surface area contributed by atoms with Gasteiger partial charge in [-0.3, -0.25) is 0 Å². The lowest BCUT2D eigenvalue weighted by Gasteiger charge is -2.27. The Bertz CT molecular complexity index is 506. The molecule has 0 radical (unpaired) electrons. The zero-order valence-corrected chi connectivity index (χ0v) is 13.0. The first-order valence-corrected chi connectivity index (χ1v) is 8.15. The summed E-state index contributed by atoms with van der Waals surface area (Å²) in [7, 11) is -1.43. The number of sulfone groups is 1. The van der Waals surface area contributed by atoms with E-state index in [1.165, 1.54) is 6.26 Å². The summed E-state index contributed by atoms with van der Waals surface area (Å²) in [6, 6.07) is 7.04. The normalized spacial score (nSPS) is 14.2. The minimum atomic E-state index is -3.13. The van der Waals surface area contributed by atoms with Crippen LogP contribution in [0.4, 0.5) is 5.69 Å². The highest BCUT2D eigenvalue weighted by Crippen LogP contribution is 2.19. The van der Waals surface area contributed by atoms with Crippen LogP contribution in [0.1, 0.15) is 27.2 Å². The predicted molar refractivity (Wildman–Crippen MR) is 78.3 cm³/mol. The van der Waals surface area contributed by atoms with Gasteiger partial charge < -0.3 is 10.1 Å². The molecule has 0 heterocycles. The van der Waals surface area contributed by atoms with Crippen molar-refractivity contribution >= 4 is 15.5 Å². The molecule has 1 aromatic carbocycles. The van der Waals surface area contributed by atoms with Gasteiger partial charge in [-0.2, -0.15) is 0 Å². The summed E-state index contributed by atoms with van der Waals surface area (Å²) < 4.78 is 28.1. The van der Waals surface area contributed by atoms with Gasteiger partial charge in [0.25, 0.3) is 0 Å².